The molecule has 168 valence electrons. The fourth-order valence-corrected chi connectivity index (χ4v) is 6.57. The van der Waals surface area contributed by atoms with Gasteiger partial charge in [0, 0.05) is 33.2 Å². The van der Waals surface area contributed by atoms with Crippen molar-refractivity contribution >= 4 is 27.5 Å². The number of rotatable bonds is 5. The van der Waals surface area contributed by atoms with Gasteiger partial charge >= 0.3 is 0 Å². The second kappa shape index (κ2) is 7.74. The van der Waals surface area contributed by atoms with Crippen LogP contribution in [-0.4, -0.2) is 48.1 Å². The first-order valence-electron chi connectivity index (χ1n) is 10.8. The topological polar surface area (TPSA) is 93.9 Å². The van der Waals surface area contributed by atoms with Crippen LogP contribution in [0.5, 0.6) is 11.5 Å². The van der Waals surface area contributed by atoms with Crippen molar-refractivity contribution in [2.24, 2.45) is 0 Å². The smallest absolute Gasteiger partial charge is 0.256 e. The molecule has 2 aromatic rings. The third-order valence-corrected chi connectivity index (χ3v) is 7.72. The van der Waals surface area contributed by atoms with E-state index >= 15 is 0 Å². The highest BCUT2D eigenvalue weighted by atomic mass is 79.9. The highest BCUT2D eigenvalue weighted by Gasteiger charge is 2.73. The van der Waals surface area contributed by atoms with Crippen molar-refractivity contribution in [3.63, 3.8) is 0 Å². The third kappa shape index (κ3) is 2.73. The molecule has 2 fully saturated rings. The van der Waals surface area contributed by atoms with Crippen molar-refractivity contribution in [1.82, 2.24) is 4.90 Å². The van der Waals surface area contributed by atoms with Gasteiger partial charge in [-0.2, -0.15) is 0 Å². The first-order valence-corrected chi connectivity index (χ1v) is 11.6. The van der Waals surface area contributed by atoms with Gasteiger partial charge in [0.05, 0.1) is 19.6 Å². The van der Waals surface area contributed by atoms with E-state index in [2.05, 4.69) is 26.1 Å². The molecule has 0 aromatic heterocycles. The lowest BCUT2D eigenvalue weighted by atomic mass is 9.77. The van der Waals surface area contributed by atoms with Gasteiger partial charge in [0.1, 0.15) is 0 Å². The van der Waals surface area contributed by atoms with E-state index in [4.69, 9.17) is 9.47 Å². The maximum Gasteiger partial charge on any atom is 0.256 e. The molecule has 3 aliphatic heterocycles. The Bertz CT molecular complexity index is 1110. The minimum absolute atomic E-state index is 0.138. The fraction of sp³-hybridized carbons (Fsp3) is 0.435. The van der Waals surface area contributed by atoms with Crippen molar-refractivity contribution in [3.8, 4) is 11.5 Å². The normalized spacial score (nSPS) is 28.5. The van der Waals surface area contributed by atoms with Crippen molar-refractivity contribution in [2.45, 2.75) is 43.3 Å². The summed E-state index contributed by atoms with van der Waals surface area (Å²) < 4.78 is 11.9. The molecule has 0 radical (unpaired) electrons. The number of halogens is 1. The number of hydrogen-bond acceptors (Lipinski definition) is 6. The summed E-state index contributed by atoms with van der Waals surface area (Å²) in [4.78, 5) is 28.0. The van der Waals surface area contributed by atoms with E-state index in [9.17, 15) is 14.9 Å². The Hall–Kier alpha value is -2.65. The SMILES string of the molecule is CCOc1cc(Br)c([C@H]2[C@H]([N+](=O)[O-])[C@@]3(C(=O)Nc4ccccc43)N3CCC[C@@H]23)cc1OC. The van der Waals surface area contributed by atoms with Crippen LogP contribution in [0.2, 0.25) is 0 Å². The maximum atomic E-state index is 13.5. The maximum absolute atomic E-state index is 13.5. The summed E-state index contributed by atoms with van der Waals surface area (Å²) in [5.74, 6) is 0.282. The Kier molecular flexibility index (Phi) is 5.13. The molecule has 5 rings (SSSR count). The van der Waals surface area contributed by atoms with Gasteiger partial charge in [0.15, 0.2) is 17.0 Å². The van der Waals surface area contributed by atoms with E-state index in [1.54, 1.807) is 7.11 Å². The van der Waals surface area contributed by atoms with Crippen molar-refractivity contribution in [3.05, 3.63) is 62.1 Å². The Labute approximate surface area is 194 Å². The first-order chi connectivity index (χ1) is 15.4. The number of amides is 1. The van der Waals surface area contributed by atoms with Gasteiger partial charge in [-0.3, -0.25) is 19.8 Å². The standard InChI is InChI=1S/C23H24BrN3O5/c1-3-32-19-12-15(24)13(11-18(19)31-2)20-17-9-6-10-26(17)23(21(20)27(29)30)14-7-4-5-8-16(14)25-22(23)28/h4-5,7-8,11-12,17,20-21H,3,6,9-10H2,1-2H3,(H,25,28)/t17-,20+,21-,23-/m0/s1. The van der Waals surface area contributed by atoms with Crippen LogP contribution in [0.15, 0.2) is 40.9 Å². The number of fused-ring (bicyclic) bond motifs is 4. The zero-order chi connectivity index (χ0) is 22.6. The molecule has 2 saturated heterocycles. The van der Waals surface area contributed by atoms with Crippen molar-refractivity contribution < 1.29 is 19.2 Å². The molecular formula is C23H24BrN3O5. The number of hydrogen-bond donors (Lipinski definition) is 1. The Morgan fingerprint density at radius 1 is 1.31 bits per heavy atom. The molecule has 32 heavy (non-hydrogen) atoms. The molecular weight excluding hydrogens is 478 g/mol. The summed E-state index contributed by atoms with van der Waals surface area (Å²) in [6.45, 7) is 3.00. The number of nitrogens with zero attached hydrogens (tertiary/aromatic N) is 2. The third-order valence-electron chi connectivity index (χ3n) is 7.04. The summed E-state index contributed by atoms with van der Waals surface area (Å²) in [5.41, 5.74) is 0.768. The number of carbonyl (C=O) groups excluding carboxylic acids is 1. The molecule has 3 aliphatic rings. The Morgan fingerprint density at radius 3 is 2.81 bits per heavy atom. The van der Waals surface area contributed by atoms with Crippen LogP contribution in [0.1, 0.15) is 36.8 Å². The van der Waals surface area contributed by atoms with Gasteiger partial charge in [-0.1, -0.05) is 34.1 Å². The van der Waals surface area contributed by atoms with Gasteiger partial charge in [0.25, 0.3) is 11.9 Å². The Morgan fingerprint density at radius 2 is 2.09 bits per heavy atom. The van der Waals surface area contributed by atoms with Gasteiger partial charge in [-0.15, -0.1) is 0 Å². The van der Waals surface area contributed by atoms with E-state index in [1.807, 2.05) is 43.3 Å². The molecule has 3 heterocycles. The first kappa shape index (κ1) is 21.2. The van der Waals surface area contributed by atoms with Crippen LogP contribution in [0, 0.1) is 10.1 Å². The van der Waals surface area contributed by atoms with Crippen LogP contribution in [-0.2, 0) is 10.3 Å². The van der Waals surface area contributed by atoms with Crippen LogP contribution < -0.4 is 14.8 Å². The summed E-state index contributed by atoms with van der Waals surface area (Å²) in [6, 6.07) is 9.68. The zero-order valence-electron chi connectivity index (χ0n) is 17.8. The predicted octanol–water partition coefficient (Wildman–Crippen LogP) is 3.91. The number of benzene rings is 2. The second-order valence-electron chi connectivity index (χ2n) is 8.38. The molecule has 0 aliphatic carbocycles. The number of methoxy groups -OCH3 is 1. The number of para-hydroxylation sites is 1. The van der Waals surface area contributed by atoms with E-state index < -0.39 is 17.5 Å². The number of nitrogens with one attached hydrogen (secondary N) is 1. The van der Waals surface area contributed by atoms with Gasteiger partial charge < -0.3 is 14.8 Å². The van der Waals surface area contributed by atoms with Crippen LogP contribution in [0.4, 0.5) is 5.69 Å². The summed E-state index contributed by atoms with van der Waals surface area (Å²) in [7, 11) is 1.55. The van der Waals surface area contributed by atoms with Gasteiger partial charge in [0.2, 0.25) is 0 Å². The number of nitro groups is 1. The van der Waals surface area contributed by atoms with Crippen LogP contribution in [0.25, 0.3) is 0 Å². The zero-order valence-corrected chi connectivity index (χ0v) is 19.4. The highest BCUT2D eigenvalue weighted by molar-refractivity contribution is 9.10. The molecule has 1 N–H and O–H groups in total. The van der Waals surface area contributed by atoms with Crippen molar-refractivity contribution in [1.29, 1.82) is 0 Å². The molecule has 0 unspecified atom stereocenters. The van der Waals surface area contributed by atoms with Crippen LogP contribution in [0.3, 0.4) is 0 Å². The van der Waals surface area contributed by atoms with Gasteiger partial charge in [-0.25, -0.2) is 0 Å². The quantitative estimate of drug-likeness (QED) is 0.492. The Balaban J connectivity index is 1.73. The average Bonchev–Trinajstić information content (AvgIpc) is 3.42. The number of anilines is 1. The molecule has 1 spiro atoms. The summed E-state index contributed by atoms with van der Waals surface area (Å²) in [6.07, 6.45) is 1.67. The van der Waals surface area contributed by atoms with Crippen molar-refractivity contribution in [2.75, 3.05) is 25.6 Å². The van der Waals surface area contributed by atoms with Gasteiger partial charge in [-0.05, 0) is 43.5 Å². The summed E-state index contributed by atoms with van der Waals surface area (Å²) >= 11 is 3.63. The highest BCUT2D eigenvalue weighted by Crippen LogP contribution is 2.59. The largest absolute Gasteiger partial charge is 0.493 e. The second-order valence-corrected chi connectivity index (χ2v) is 9.24. The number of ether oxygens (including phenoxy) is 2. The van der Waals surface area contributed by atoms with E-state index in [1.165, 1.54) is 0 Å². The average molecular weight is 502 g/mol. The number of carbonyl (C=O) groups is 1. The molecule has 9 heteroatoms. The molecule has 0 saturated carbocycles. The lowest BCUT2D eigenvalue weighted by Crippen LogP contribution is -2.55. The minimum Gasteiger partial charge on any atom is -0.493 e. The molecule has 2 aromatic carbocycles. The lowest BCUT2D eigenvalue weighted by molar-refractivity contribution is -0.534. The molecule has 8 nitrogen and oxygen atoms in total. The summed E-state index contributed by atoms with van der Waals surface area (Å²) in [5, 5.41) is 15.6. The predicted molar refractivity (Wildman–Crippen MR) is 122 cm³/mol. The lowest BCUT2D eigenvalue weighted by Gasteiger charge is -2.32. The fourth-order valence-electron chi connectivity index (χ4n) is 5.98. The minimum atomic E-state index is -1.34. The van der Waals surface area contributed by atoms with Crippen LogP contribution >= 0.6 is 15.9 Å². The molecule has 4 atom stereocenters. The monoisotopic (exact) mass is 501 g/mol. The molecule has 0 bridgehead atoms. The van der Waals surface area contributed by atoms with E-state index in [0.29, 0.717) is 40.4 Å². The van der Waals surface area contributed by atoms with E-state index in [0.717, 1.165) is 18.4 Å². The van der Waals surface area contributed by atoms with E-state index in [-0.39, 0.29) is 16.9 Å². The molecule has 1 amide bonds.